The Hall–Kier alpha value is -1.04. The van der Waals surface area contributed by atoms with Gasteiger partial charge in [-0.1, -0.05) is 6.07 Å². The average molecular weight is 282 g/mol. The number of nitrogens with one attached hydrogen (secondary N) is 1. The lowest BCUT2D eigenvalue weighted by atomic mass is 10.0. The Bertz CT molecular complexity index is 483. The molecule has 2 fully saturated rings. The lowest BCUT2D eigenvalue weighted by Gasteiger charge is -2.23. The summed E-state index contributed by atoms with van der Waals surface area (Å²) in [5.41, 5.74) is 0.153. The van der Waals surface area contributed by atoms with Gasteiger partial charge in [0.2, 0.25) is 0 Å². The molecule has 3 nitrogen and oxygen atoms in total. The molecular weight excluding hydrogens is 262 g/mol. The van der Waals surface area contributed by atoms with Gasteiger partial charge >= 0.3 is 0 Å². The van der Waals surface area contributed by atoms with Crippen molar-refractivity contribution in [1.82, 2.24) is 10.2 Å². The van der Waals surface area contributed by atoms with Crippen molar-refractivity contribution in [3.05, 3.63) is 35.4 Å². The van der Waals surface area contributed by atoms with Crippen molar-refractivity contribution in [3.63, 3.8) is 0 Å². The molecule has 2 heterocycles. The predicted molar refractivity (Wildman–Crippen MR) is 72.3 cm³/mol. The zero-order chi connectivity index (χ0) is 14.1. The first kappa shape index (κ1) is 13.9. The Morgan fingerprint density at radius 3 is 2.95 bits per heavy atom. The topological polar surface area (TPSA) is 35.5 Å². The van der Waals surface area contributed by atoms with Gasteiger partial charge < -0.3 is 10.4 Å². The van der Waals surface area contributed by atoms with Crippen molar-refractivity contribution in [1.29, 1.82) is 0 Å². The van der Waals surface area contributed by atoms with Crippen molar-refractivity contribution in [2.24, 2.45) is 0 Å². The lowest BCUT2D eigenvalue weighted by Crippen LogP contribution is -2.41. The van der Waals surface area contributed by atoms with E-state index in [9.17, 15) is 13.9 Å². The van der Waals surface area contributed by atoms with Gasteiger partial charge in [-0.3, -0.25) is 4.90 Å². The van der Waals surface area contributed by atoms with Gasteiger partial charge in [-0.05, 0) is 31.9 Å². The maximum Gasteiger partial charge on any atom is 0.131 e. The molecular formula is C15H20F2N2O. The number of halogens is 2. The third kappa shape index (κ3) is 2.71. The van der Waals surface area contributed by atoms with Crippen molar-refractivity contribution >= 4 is 0 Å². The molecule has 0 spiro atoms. The van der Waals surface area contributed by atoms with Gasteiger partial charge in [-0.15, -0.1) is 0 Å². The number of aliphatic hydroxyl groups excluding tert-OH is 1. The smallest absolute Gasteiger partial charge is 0.131 e. The quantitative estimate of drug-likeness (QED) is 0.884. The van der Waals surface area contributed by atoms with Crippen LogP contribution in [0.15, 0.2) is 18.2 Å². The normalized spacial score (nSPS) is 27.8. The van der Waals surface area contributed by atoms with Crippen molar-refractivity contribution < 1.29 is 13.9 Å². The van der Waals surface area contributed by atoms with E-state index in [2.05, 4.69) is 10.2 Å². The Balaban J connectivity index is 1.58. The molecule has 2 aliphatic rings. The molecule has 110 valence electrons. The van der Waals surface area contributed by atoms with Gasteiger partial charge in [0.1, 0.15) is 11.6 Å². The highest BCUT2D eigenvalue weighted by Crippen LogP contribution is 2.28. The minimum Gasteiger partial charge on any atom is -0.387 e. The summed E-state index contributed by atoms with van der Waals surface area (Å²) in [6, 6.07) is 4.23. The maximum absolute atomic E-state index is 13.6. The molecule has 0 bridgehead atoms. The third-order valence-corrected chi connectivity index (χ3v) is 4.50. The second-order valence-corrected chi connectivity index (χ2v) is 5.73. The molecule has 0 saturated carbocycles. The molecule has 0 aromatic heterocycles. The van der Waals surface area contributed by atoms with Crippen LogP contribution in [0.2, 0.25) is 0 Å². The summed E-state index contributed by atoms with van der Waals surface area (Å²) in [6.45, 7) is 2.57. The molecule has 20 heavy (non-hydrogen) atoms. The van der Waals surface area contributed by atoms with Crippen LogP contribution < -0.4 is 5.32 Å². The molecule has 2 aliphatic heterocycles. The van der Waals surface area contributed by atoms with Gasteiger partial charge in [0.15, 0.2) is 0 Å². The van der Waals surface area contributed by atoms with Gasteiger partial charge in [0.05, 0.1) is 6.10 Å². The summed E-state index contributed by atoms with van der Waals surface area (Å²) in [5.74, 6) is -1.31. The molecule has 1 aromatic carbocycles. The number of hydrogen-bond donors (Lipinski definition) is 2. The molecule has 2 saturated heterocycles. The lowest BCUT2D eigenvalue weighted by molar-refractivity contribution is 0.161. The number of fused-ring (bicyclic) bond motifs is 1. The van der Waals surface area contributed by atoms with Crippen LogP contribution in [0.1, 0.15) is 30.9 Å². The SMILES string of the molecule is OC(CNC1CCN2CCCC12)c1ccc(F)cc1F. The minimum atomic E-state index is -0.939. The Labute approximate surface area is 117 Å². The first-order valence-corrected chi connectivity index (χ1v) is 7.25. The molecule has 3 unspecified atom stereocenters. The number of aliphatic hydroxyl groups is 1. The van der Waals surface area contributed by atoms with Crippen molar-refractivity contribution in [2.75, 3.05) is 19.6 Å². The fourth-order valence-electron chi connectivity index (χ4n) is 3.47. The standard InChI is InChI=1S/C15H20F2N2O/c16-10-3-4-11(12(17)8-10)15(20)9-18-13-5-7-19-6-1-2-14(13)19/h3-4,8,13-15,18,20H,1-2,5-7,9H2. The van der Waals surface area contributed by atoms with E-state index in [0.717, 1.165) is 25.6 Å². The summed E-state index contributed by atoms with van der Waals surface area (Å²) in [6.07, 6.45) is 2.56. The zero-order valence-corrected chi connectivity index (χ0v) is 11.4. The van der Waals surface area contributed by atoms with E-state index < -0.39 is 17.7 Å². The van der Waals surface area contributed by atoms with E-state index in [-0.39, 0.29) is 5.56 Å². The van der Waals surface area contributed by atoms with Crippen LogP contribution in [0.5, 0.6) is 0 Å². The van der Waals surface area contributed by atoms with Gasteiger partial charge in [-0.2, -0.15) is 0 Å². The van der Waals surface area contributed by atoms with Gasteiger partial charge in [-0.25, -0.2) is 8.78 Å². The third-order valence-electron chi connectivity index (χ3n) is 4.50. The predicted octanol–water partition coefficient (Wildman–Crippen LogP) is 1.82. The van der Waals surface area contributed by atoms with Crippen LogP contribution in [-0.2, 0) is 0 Å². The number of hydrogen-bond acceptors (Lipinski definition) is 3. The van der Waals surface area contributed by atoms with E-state index in [1.54, 1.807) is 0 Å². The molecule has 2 N–H and O–H groups in total. The van der Waals surface area contributed by atoms with Crippen LogP contribution in [0.25, 0.3) is 0 Å². The summed E-state index contributed by atoms with van der Waals surface area (Å²) in [4.78, 5) is 2.47. The van der Waals surface area contributed by atoms with Crippen molar-refractivity contribution in [3.8, 4) is 0 Å². The van der Waals surface area contributed by atoms with E-state index in [1.165, 1.54) is 25.0 Å². The zero-order valence-electron chi connectivity index (χ0n) is 11.4. The number of nitrogens with zero attached hydrogens (tertiary/aromatic N) is 1. The highest BCUT2D eigenvalue weighted by atomic mass is 19.1. The second-order valence-electron chi connectivity index (χ2n) is 5.73. The second kappa shape index (κ2) is 5.76. The fraction of sp³-hybridized carbons (Fsp3) is 0.600. The first-order chi connectivity index (χ1) is 9.65. The average Bonchev–Trinajstić information content (AvgIpc) is 2.99. The molecule has 0 radical (unpaired) electrons. The van der Waals surface area contributed by atoms with Crippen LogP contribution in [0.3, 0.4) is 0 Å². The Morgan fingerprint density at radius 1 is 1.30 bits per heavy atom. The highest BCUT2D eigenvalue weighted by molar-refractivity contribution is 5.21. The summed E-state index contributed by atoms with van der Waals surface area (Å²) < 4.78 is 26.4. The van der Waals surface area contributed by atoms with E-state index in [0.29, 0.717) is 18.6 Å². The van der Waals surface area contributed by atoms with Crippen LogP contribution in [-0.4, -0.2) is 41.7 Å². The van der Waals surface area contributed by atoms with Crippen LogP contribution in [0.4, 0.5) is 8.78 Å². The molecule has 5 heteroatoms. The van der Waals surface area contributed by atoms with E-state index in [4.69, 9.17) is 0 Å². The fourth-order valence-corrected chi connectivity index (χ4v) is 3.47. The number of benzene rings is 1. The summed E-state index contributed by atoms with van der Waals surface area (Å²) >= 11 is 0. The molecule has 3 atom stereocenters. The molecule has 1 aromatic rings. The molecule has 0 amide bonds. The maximum atomic E-state index is 13.6. The monoisotopic (exact) mass is 282 g/mol. The molecule has 3 rings (SSSR count). The summed E-state index contributed by atoms with van der Waals surface area (Å²) in [7, 11) is 0. The van der Waals surface area contributed by atoms with E-state index in [1.807, 2.05) is 0 Å². The summed E-state index contributed by atoms with van der Waals surface area (Å²) in [5, 5.41) is 13.4. The van der Waals surface area contributed by atoms with E-state index >= 15 is 0 Å². The van der Waals surface area contributed by atoms with Gasteiger partial charge in [0, 0.05) is 36.8 Å². The largest absolute Gasteiger partial charge is 0.387 e. The highest BCUT2D eigenvalue weighted by Gasteiger charge is 2.36. The number of rotatable bonds is 4. The Kier molecular flexibility index (Phi) is 4.01. The van der Waals surface area contributed by atoms with Crippen molar-refractivity contribution in [2.45, 2.75) is 37.5 Å². The van der Waals surface area contributed by atoms with Gasteiger partial charge in [0.25, 0.3) is 0 Å². The first-order valence-electron chi connectivity index (χ1n) is 7.25. The Morgan fingerprint density at radius 2 is 2.15 bits per heavy atom. The minimum absolute atomic E-state index is 0.153. The molecule has 0 aliphatic carbocycles. The van der Waals surface area contributed by atoms with Crippen LogP contribution >= 0.6 is 0 Å². The van der Waals surface area contributed by atoms with Crippen LogP contribution in [0, 0.1) is 11.6 Å².